The van der Waals surface area contributed by atoms with Gasteiger partial charge in [-0.3, -0.25) is 4.79 Å². The van der Waals surface area contributed by atoms with E-state index >= 15 is 0 Å². The second-order valence-electron chi connectivity index (χ2n) is 6.17. The molecule has 0 spiro atoms. The molecule has 1 aromatic heterocycles. The molecule has 0 fully saturated rings. The van der Waals surface area contributed by atoms with Crippen LogP contribution in [0.5, 0.6) is 0 Å². The van der Waals surface area contributed by atoms with E-state index in [0.29, 0.717) is 17.8 Å². The molecule has 7 nitrogen and oxygen atoms in total. The summed E-state index contributed by atoms with van der Waals surface area (Å²) in [6.45, 7) is 2.14. The molecule has 0 saturated heterocycles. The van der Waals surface area contributed by atoms with E-state index in [1.54, 1.807) is 25.3 Å². The SMILES string of the molecule is CCO[C@@H](C(=O)N[C@@H](Cc1coc2ccccc12)OB(O)O)c1ccccc1. The maximum Gasteiger partial charge on any atom is 0.635 e. The molecule has 0 aliphatic heterocycles. The molecule has 0 aliphatic rings. The molecular weight excluding hydrogens is 361 g/mol. The number of carbonyl (C=O) groups is 1. The van der Waals surface area contributed by atoms with E-state index < -0.39 is 25.6 Å². The van der Waals surface area contributed by atoms with Crippen molar-refractivity contribution in [2.75, 3.05) is 6.61 Å². The van der Waals surface area contributed by atoms with Gasteiger partial charge >= 0.3 is 7.32 Å². The van der Waals surface area contributed by atoms with Crippen LogP contribution < -0.4 is 5.32 Å². The average molecular weight is 383 g/mol. The summed E-state index contributed by atoms with van der Waals surface area (Å²) in [6, 6.07) is 16.5. The van der Waals surface area contributed by atoms with E-state index in [4.69, 9.17) is 13.8 Å². The molecule has 3 rings (SSSR count). The molecule has 8 heteroatoms. The van der Waals surface area contributed by atoms with Gasteiger partial charge in [-0.2, -0.15) is 0 Å². The van der Waals surface area contributed by atoms with Gasteiger partial charge in [0.15, 0.2) is 6.10 Å². The van der Waals surface area contributed by atoms with Crippen molar-refractivity contribution >= 4 is 24.2 Å². The van der Waals surface area contributed by atoms with Gasteiger partial charge in [-0.25, -0.2) is 0 Å². The van der Waals surface area contributed by atoms with Crippen molar-refractivity contribution in [1.29, 1.82) is 0 Å². The molecule has 3 aromatic rings. The third-order valence-corrected chi connectivity index (χ3v) is 4.23. The van der Waals surface area contributed by atoms with Crippen LogP contribution in [-0.4, -0.2) is 36.1 Å². The van der Waals surface area contributed by atoms with Crippen molar-refractivity contribution in [1.82, 2.24) is 5.32 Å². The number of ether oxygens (including phenoxy) is 1. The summed E-state index contributed by atoms with van der Waals surface area (Å²) < 4.78 is 16.2. The summed E-state index contributed by atoms with van der Waals surface area (Å²) in [6.07, 6.45) is -0.0725. The number of hydrogen-bond acceptors (Lipinski definition) is 6. The summed E-state index contributed by atoms with van der Waals surface area (Å²) in [7, 11) is -2.04. The van der Waals surface area contributed by atoms with Gasteiger partial charge in [-0.05, 0) is 18.6 Å². The van der Waals surface area contributed by atoms with E-state index in [2.05, 4.69) is 5.32 Å². The van der Waals surface area contributed by atoms with E-state index in [-0.39, 0.29) is 6.42 Å². The number of benzene rings is 2. The fourth-order valence-corrected chi connectivity index (χ4v) is 3.02. The minimum absolute atomic E-state index is 0.189. The van der Waals surface area contributed by atoms with Gasteiger partial charge < -0.3 is 29.2 Å². The van der Waals surface area contributed by atoms with E-state index in [9.17, 15) is 14.8 Å². The highest BCUT2D eigenvalue weighted by Gasteiger charge is 2.27. The molecule has 0 aliphatic carbocycles. The first-order chi connectivity index (χ1) is 13.6. The number of para-hydroxylation sites is 1. The van der Waals surface area contributed by atoms with Gasteiger partial charge in [-0.15, -0.1) is 0 Å². The maximum atomic E-state index is 12.8. The number of fused-ring (bicyclic) bond motifs is 1. The number of nitrogens with one attached hydrogen (secondary N) is 1. The van der Waals surface area contributed by atoms with Crippen LogP contribution in [0, 0.1) is 0 Å². The van der Waals surface area contributed by atoms with Crippen LogP contribution in [0.1, 0.15) is 24.2 Å². The lowest BCUT2D eigenvalue weighted by molar-refractivity contribution is -0.136. The Morgan fingerprint density at radius 3 is 2.57 bits per heavy atom. The Kier molecular flexibility index (Phi) is 6.83. The van der Waals surface area contributed by atoms with E-state index in [1.165, 1.54) is 0 Å². The molecule has 0 saturated carbocycles. The highest BCUT2D eigenvalue weighted by atomic mass is 16.6. The lowest BCUT2D eigenvalue weighted by atomic mass is 10.1. The Morgan fingerprint density at radius 1 is 1.14 bits per heavy atom. The molecule has 146 valence electrons. The van der Waals surface area contributed by atoms with Crippen molar-refractivity contribution in [3.05, 3.63) is 72.0 Å². The maximum absolute atomic E-state index is 12.8. The topological polar surface area (TPSA) is 101 Å². The van der Waals surface area contributed by atoms with Gasteiger partial charge in [0.05, 0.1) is 6.26 Å². The first kappa shape index (κ1) is 20.1. The largest absolute Gasteiger partial charge is 0.635 e. The zero-order valence-electron chi connectivity index (χ0n) is 15.4. The van der Waals surface area contributed by atoms with Crippen LogP contribution in [-0.2, 0) is 20.6 Å². The summed E-state index contributed by atoms with van der Waals surface area (Å²) in [4.78, 5) is 12.8. The predicted molar refractivity (Wildman–Crippen MR) is 104 cm³/mol. The highest BCUT2D eigenvalue weighted by Crippen LogP contribution is 2.23. The zero-order valence-corrected chi connectivity index (χ0v) is 15.4. The first-order valence-corrected chi connectivity index (χ1v) is 9.02. The monoisotopic (exact) mass is 383 g/mol. The predicted octanol–water partition coefficient (Wildman–Crippen LogP) is 2.18. The molecule has 0 bridgehead atoms. The smallest absolute Gasteiger partial charge is 0.464 e. The van der Waals surface area contributed by atoms with Crippen molar-refractivity contribution in [2.45, 2.75) is 25.7 Å². The van der Waals surface area contributed by atoms with Crippen LogP contribution in [0.4, 0.5) is 0 Å². The minimum Gasteiger partial charge on any atom is -0.464 e. The van der Waals surface area contributed by atoms with E-state index in [0.717, 1.165) is 10.9 Å². The summed E-state index contributed by atoms with van der Waals surface area (Å²) >= 11 is 0. The number of carbonyl (C=O) groups excluding carboxylic acids is 1. The fourth-order valence-electron chi connectivity index (χ4n) is 3.02. The Balaban J connectivity index is 1.78. The molecular formula is C20H22BNO6. The number of amides is 1. The van der Waals surface area contributed by atoms with Crippen molar-refractivity contribution in [3.8, 4) is 0 Å². The van der Waals surface area contributed by atoms with Gasteiger partial charge in [0.2, 0.25) is 0 Å². The van der Waals surface area contributed by atoms with Crippen molar-refractivity contribution in [3.63, 3.8) is 0 Å². The van der Waals surface area contributed by atoms with Crippen LogP contribution >= 0.6 is 0 Å². The zero-order chi connectivity index (χ0) is 19.9. The molecule has 0 radical (unpaired) electrons. The van der Waals surface area contributed by atoms with Crippen LogP contribution in [0.25, 0.3) is 11.0 Å². The van der Waals surface area contributed by atoms with Gasteiger partial charge in [0, 0.05) is 24.0 Å². The van der Waals surface area contributed by atoms with Crippen LogP contribution in [0.2, 0.25) is 0 Å². The summed E-state index contributed by atoms with van der Waals surface area (Å²) in [5.74, 6) is -0.438. The summed E-state index contributed by atoms with van der Waals surface area (Å²) in [5, 5.41) is 22.1. The van der Waals surface area contributed by atoms with Crippen LogP contribution in [0.3, 0.4) is 0 Å². The molecule has 0 unspecified atom stereocenters. The highest BCUT2D eigenvalue weighted by molar-refractivity contribution is 6.32. The number of hydrogen-bond donors (Lipinski definition) is 3. The Morgan fingerprint density at radius 2 is 1.86 bits per heavy atom. The van der Waals surface area contributed by atoms with Gasteiger partial charge in [0.1, 0.15) is 11.8 Å². The molecule has 1 heterocycles. The molecule has 2 aromatic carbocycles. The third kappa shape index (κ3) is 4.99. The Labute approximate surface area is 163 Å². The van der Waals surface area contributed by atoms with Crippen molar-refractivity contribution in [2.24, 2.45) is 0 Å². The number of rotatable bonds is 9. The standard InChI is InChI=1S/C20H22BNO6/c1-2-26-19(14-8-4-3-5-9-14)20(23)22-18(28-21(24)25)12-15-13-27-17-11-7-6-10-16(15)17/h3-11,13,18-19,24-25H,2,12H2,1H3,(H,22,23)/t18-,19-/m1/s1. The third-order valence-electron chi connectivity index (χ3n) is 4.23. The average Bonchev–Trinajstić information content (AvgIpc) is 3.09. The minimum atomic E-state index is -2.04. The summed E-state index contributed by atoms with van der Waals surface area (Å²) in [5.41, 5.74) is 2.16. The number of furan rings is 1. The fraction of sp³-hybridized carbons (Fsp3) is 0.250. The van der Waals surface area contributed by atoms with Crippen molar-refractivity contribution < 1.29 is 28.7 Å². The van der Waals surface area contributed by atoms with E-state index in [1.807, 2.05) is 42.5 Å². The second-order valence-corrected chi connectivity index (χ2v) is 6.17. The lowest BCUT2D eigenvalue weighted by Crippen LogP contribution is -2.44. The quantitative estimate of drug-likeness (QED) is 0.387. The molecule has 2 atom stereocenters. The normalized spacial score (nSPS) is 13.2. The lowest BCUT2D eigenvalue weighted by Gasteiger charge is -2.23. The van der Waals surface area contributed by atoms with Gasteiger partial charge in [-0.1, -0.05) is 48.5 Å². The van der Waals surface area contributed by atoms with Gasteiger partial charge in [0.25, 0.3) is 5.91 Å². The van der Waals surface area contributed by atoms with Crippen LogP contribution in [0.15, 0.2) is 65.3 Å². The Hall–Kier alpha value is -2.65. The molecule has 1 amide bonds. The second kappa shape index (κ2) is 9.52. The molecule has 3 N–H and O–H groups in total. The molecule has 28 heavy (non-hydrogen) atoms. The Bertz CT molecular complexity index is 898. The first-order valence-electron chi connectivity index (χ1n) is 9.02.